The summed E-state index contributed by atoms with van der Waals surface area (Å²) in [6.07, 6.45) is 6.03. The van der Waals surface area contributed by atoms with Crippen LogP contribution in [0, 0.1) is 106 Å². The molecule has 4 unspecified atom stereocenters. The van der Waals surface area contributed by atoms with Gasteiger partial charge in [0.25, 0.3) is 0 Å². The van der Waals surface area contributed by atoms with Crippen molar-refractivity contribution in [3.63, 3.8) is 0 Å². The van der Waals surface area contributed by atoms with E-state index in [2.05, 4.69) is 12.7 Å². The Morgan fingerprint density at radius 2 is 1.09 bits per heavy atom. The molecule has 10 aliphatic rings. The number of fused-ring (bicyclic) bond motifs is 4. The van der Waals surface area contributed by atoms with Crippen LogP contribution >= 0.6 is 0 Å². The van der Waals surface area contributed by atoms with Crippen LogP contribution in [0.25, 0.3) is 0 Å². The van der Waals surface area contributed by atoms with Crippen molar-refractivity contribution >= 4 is 0 Å². The average Bonchev–Trinajstić information content (AvgIpc) is 3.22. The summed E-state index contributed by atoms with van der Waals surface area (Å²) in [4.78, 5) is 0. The minimum Gasteiger partial charge on any atom is -0.102 e. The van der Waals surface area contributed by atoms with Crippen LogP contribution in [0.5, 0.6) is 0 Å². The zero-order chi connectivity index (χ0) is 13.4. The molecule has 112 valence electrons. The maximum Gasteiger partial charge on any atom is -0.00193 e. The van der Waals surface area contributed by atoms with Gasteiger partial charge in [0.15, 0.2) is 0 Å². The van der Waals surface area contributed by atoms with Gasteiger partial charge < -0.3 is 0 Å². The van der Waals surface area contributed by atoms with Gasteiger partial charge in [0.05, 0.1) is 0 Å². The molecular weight excluding hydrogens is 264 g/mol. The van der Waals surface area contributed by atoms with E-state index >= 15 is 0 Å². The summed E-state index contributed by atoms with van der Waals surface area (Å²) in [5.74, 6) is 20.6. The number of hydrogen-bond donors (Lipinski definition) is 0. The summed E-state index contributed by atoms with van der Waals surface area (Å²) in [5, 5.41) is 0. The highest BCUT2D eigenvalue weighted by molar-refractivity contribution is 5.44. The predicted octanol–water partition coefficient (Wildman–Crippen LogP) is 3.55. The lowest BCUT2D eigenvalue weighted by Gasteiger charge is -2.41. The van der Waals surface area contributed by atoms with Crippen molar-refractivity contribution in [1.82, 2.24) is 0 Å². The van der Waals surface area contributed by atoms with Crippen molar-refractivity contribution < 1.29 is 0 Å². The first-order chi connectivity index (χ1) is 10.9. The highest BCUT2D eigenvalue weighted by Crippen LogP contribution is 2.99. The molecule has 0 heterocycles. The Kier molecular flexibility index (Phi) is 1.02. The van der Waals surface area contributed by atoms with E-state index in [1.807, 2.05) is 0 Å². The summed E-state index contributed by atoms with van der Waals surface area (Å²) in [6.45, 7) is 4.55. The van der Waals surface area contributed by atoms with E-state index in [-0.39, 0.29) is 0 Å². The Morgan fingerprint density at radius 1 is 0.545 bits per heavy atom. The Balaban J connectivity index is 1.48. The van der Waals surface area contributed by atoms with E-state index in [9.17, 15) is 0 Å². The van der Waals surface area contributed by atoms with Crippen molar-refractivity contribution in [2.75, 3.05) is 0 Å². The van der Waals surface area contributed by atoms with Gasteiger partial charge in [-0.25, -0.2) is 0 Å². The van der Waals surface area contributed by atoms with Crippen LogP contribution < -0.4 is 0 Å². The monoisotopic (exact) mass is 288 g/mol. The van der Waals surface area contributed by atoms with E-state index < -0.39 is 0 Å². The normalized spacial score (nSPS) is 94.8. The molecule has 0 aliphatic heterocycles. The topological polar surface area (TPSA) is 0 Å². The second-order valence-corrected chi connectivity index (χ2v) is 11.7. The Labute approximate surface area is 132 Å². The van der Waals surface area contributed by atoms with Crippen molar-refractivity contribution in [1.29, 1.82) is 0 Å². The summed E-state index contributed by atoms with van der Waals surface area (Å²) in [7, 11) is 0. The van der Waals surface area contributed by atoms with Crippen molar-refractivity contribution in [3.8, 4) is 0 Å². The first-order valence-electron chi connectivity index (χ1n) is 10.5. The third-order valence-corrected chi connectivity index (χ3v) is 13.2. The number of allylic oxidation sites excluding steroid dienone is 1. The van der Waals surface area contributed by atoms with E-state index in [4.69, 9.17) is 0 Å². The van der Waals surface area contributed by atoms with Gasteiger partial charge in [-0.2, -0.15) is 0 Å². The molecule has 22 heavy (non-hydrogen) atoms. The van der Waals surface area contributed by atoms with Crippen LogP contribution in [0.4, 0.5) is 0 Å². The Morgan fingerprint density at radius 3 is 1.64 bits per heavy atom. The van der Waals surface area contributed by atoms with E-state index in [0.717, 1.165) is 17.8 Å². The van der Waals surface area contributed by atoms with Crippen LogP contribution in [0.15, 0.2) is 12.7 Å². The van der Waals surface area contributed by atoms with Crippen LogP contribution in [0.2, 0.25) is 0 Å². The molecule has 10 fully saturated rings. The van der Waals surface area contributed by atoms with Gasteiger partial charge in [0.1, 0.15) is 0 Å². The maximum atomic E-state index is 4.55. The van der Waals surface area contributed by atoms with Crippen molar-refractivity contribution in [2.45, 2.75) is 12.8 Å². The van der Waals surface area contributed by atoms with Crippen LogP contribution in [-0.2, 0) is 0 Å². The fraction of sp³-hybridized carbons (Fsp3) is 0.909. The standard InChI is InChI=1S/C22H24/c1-2-22-19-7-3-5-9-6-4-8(19)13-11(6)16-14(9)15-10(5)12(7)20(22)17(15)18(16)21(13)22/h2,5-21H,1,3-4H2/t5-,6+,7-,8-,9?,10+,11-,12-,13-,14?,15+,16-,17+,18-,19?,20-,21+,22?/m1/s1. The van der Waals surface area contributed by atoms with Gasteiger partial charge >= 0.3 is 0 Å². The number of hydrogen-bond acceptors (Lipinski definition) is 0. The van der Waals surface area contributed by atoms with Gasteiger partial charge in [-0.05, 0) is 119 Å². The molecular formula is C22H24. The summed E-state index contributed by atoms with van der Waals surface area (Å²) in [5.41, 5.74) is 0.686. The lowest BCUT2D eigenvalue weighted by molar-refractivity contribution is 0.0938. The van der Waals surface area contributed by atoms with Gasteiger partial charge in [-0.3, -0.25) is 0 Å². The third kappa shape index (κ3) is 0.509. The smallest absolute Gasteiger partial charge is 0.00193 e. The summed E-state index contributed by atoms with van der Waals surface area (Å²) < 4.78 is 0. The summed E-state index contributed by atoms with van der Waals surface area (Å²) in [6, 6.07) is 0. The molecule has 10 saturated carbocycles. The van der Waals surface area contributed by atoms with Crippen molar-refractivity contribution in [2.24, 2.45) is 106 Å². The van der Waals surface area contributed by atoms with E-state index in [0.29, 0.717) is 5.41 Å². The van der Waals surface area contributed by atoms with E-state index in [1.165, 1.54) is 82.9 Å². The molecule has 0 amide bonds. The predicted molar refractivity (Wildman–Crippen MR) is 81.2 cm³/mol. The molecule has 0 heteroatoms. The molecule has 0 aromatic carbocycles. The first kappa shape index (κ1) is 9.90. The highest BCUT2D eigenvalue weighted by Gasteiger charge is 2.95. The second-order valence-electron chi connectivity index (χ2n) is 11.7. The fourth-order valence-electron chi connectivity index (χ4n) is 14.7. The van der Waals surface area contributed by atoms with Gasteiger partial charge in [-0.1, -0.05) is 6.08 Å². The van der Waals surface area contributed by atoms with Crippen LogP contribution in [-0.4, -0.2) is 0 Å². The zero-order valence-corrected chi connectivity index (χ0v) is 13.0. The van der Waals surface area contributed by atoms with Crippen LogP contribution in [0.1, 0.15) is 12.8 Å². The SMILES string of the molecule is C=CC12C3[C@@H]4C[C@H]5C6C7[C@@H]8[C@@H]9[C@H]([C@@H]1[C@@H]8[C@H]1[C@@H]7[C@H]5[C@@H]4[C@@H]12)[C@H]3C[C@H]69. The molecule has 0 N–H and O–H groups in total. The molecule has 0 spiro atoms. The quantitative estimate of drug-likeness (QED) is 0.647. The molecule has 0 radical (unpaired) electrons. The van der Waals surface area contributed by atoms with E-state index in [1.54, 1.807) is 12.8 Å². The third-order valence-electron chi connectivity index (χ3n) is 13.2. The second kappa shape index (κ2) is 2.26. The van der Waals surface area contributed by atoms with Crippen LogP contribution in [0.3, 0.4) is 0 Å². The fourth-order valence-corrected chi connectivity index (χ4v) is 14.7. The number of rotatable bonds is 1. The van der Waals surface area contributed by atoms with Crippen molar-refractivity contribution in [3.05, 3.63) is 12.7 Å². The molecule has 10 rings (SSSR count). The lowest BCUT2D eigenvalue weighted by atomic mass is 9.63. The average molecular weight is 288 g/mol. The minimum absolute atomic E-state index is 0.686. The Bertz CT molecular complexity index is 677. The molecule has 0 aromatic rings. The molecule has 0 saturated heterocycles. The summed E-state index contributed by atoms with van der Waals surface area (Å²) >= 11 is 0. The van der Waals surface area contributed by atoms with Gasteiger partial charge in [0, 0.05) is 0 Å². The van der Waals surface area contributed by atoms with Gasteiger partial charge in [-0.15, -0.1) is 6.58 Å². The van der Waals surface area contributed by atoms with Gasteiger partial charge in [0.2, 0.25) is 0 Å². The molecule has 18 atom stereocenters. The zero-order valence-electron chi connectivity index (χ0n) is 13.0. The lowest BCUT2D eigenvalue weighted by Crippen LogP contribution is -2.36. The molecule has 0 bridgehead atoms. The minimum atomic E-state index is 0.686. The first-order valence-corrected chi connectivity index (χ1v) is 10.5. The largest absolute Gasteiger partial charge is 0.102 e. The maximum absolute atomic E-state index is 4.55. The highest BCUT2D eigenvalue weighted by atomic mass is 15.0. The Hall–Kier alpha value is -0.260. The molecule has 10 aliphatic carbocycles. The molecule has 0 aromatic heterocycles. The molecule has 0 nitrogen and oxygen atoms in total.